The Morgan fingerprint density at radius 3 is 2.17 bits per heavy atom. The van der Waals surface area contributed by atoms with Crippen molar-refractivity contribution < 1.29 is 14.3 Å². The minimum atomic E-state index is -0.367. The maximum Gasteiger partial charge on any atom is 0.337 e. The molecule has 156 valence electrons. The van der Waals surface area contributed by atoms with Crippen LogP contribution in [0.3, 0.4) is 0 Å². The van der Waals surface area contributed by atoms with Gasteiger partial charge in [-0.25, -0.2) is 4.79 Å². The molecule has 2 aromatic carbocycles. The number of ether oxygens (including phenoxy) is 1. The van der Waals surface area contributed by atoms with Gasteiger partial charge in [0.1, 0.15) is 0 Å². The number of hydrogen-bond donors (Lipinski definition) is 1. The van der Waals surface area contributed by atoms with Gasteiger partial charge in [-0.15, -0.1) is 0 Å². The first kappa shape index (κ1) is 19.3. The van der Waals surface area contributed by atoms with Gasteiger partial charge < -0.3 is 10.1 Å². The average molecular weight is 404 g/mol. The van der Waals surface area contributed by atoms with Gasteiger partial charge in [0.15, 0.2) is 0 Å². The number of anilines is 1. The van der Waals surface area contributed by atoms with E-state index in [0.29, 0.717) is 17.4 Å². The zero-order chi connectivity index (χ0) is 20.9. The second-order valence-corrected chi connectivity index (χ2v) is 9.91. The largest absolute Gasteiger partial charge is 0.465 e. The fourth-order valence-electron chi connectivity index (χ4n) is 6.84. The summed E-state index contributed by atoms with van der Waals surface area (Å²) < 4.78 is 4.76. The smallest absolute Gasteiger partial charge is 0.337 e. The summed E-state index contributed by atoms with van der Waals surface area (Å²) >= 11 is 0. The highest BCUT2D eigenvalue weighted by Crippen LogP contribution is 2.66. The van der Waals surface area contributed by atoms with Crippen molar-refractivity contribution in [3.05, 3.63) is 65.2 Å². The van der Waals surface area contributed by atoms with Gasteiger partial charge in [-0.1, -0.05) is 29.8 Å². The van der Waals surface area contributed by atoms with E-state index in [1.165, 1.54) is 37.5 Å². The number of amides is 1. The van der Waals surface area contributed by atoms with E-state index in [-0.39, 0.29) is 22.7 Å². The Labute approximate surface area is 178 Å². The van der Waals surface area contributed by atoms with Crippen molar-refractivity contribution in [1.29, 1.82) is 0 Å². The summed E-state index contributed by atoms with van der Waals surface area (Å²) in [5.74, 6) is 1.06. The van der Waals surface area contributed by atoms with Crippen LogP contribution < -0.4 is 5.32 Å². The molecule has 4 heteroatoms. The van der Waals surface area contributed by atoms with Crippen molar-refractivity contribution in [1.82, 2.24) is 0 Å². The fraction of sp³-hybridized carbons (Fsp3) is 0.462. The predicted molar refractivity (Wildman–Crippen MR) is 116 cm³/mol. The average Bonchev–Trinajstić information content (AvgIpc) is 2.73. The standard InChI is InChI=1S/C26H29NO3/c1-17-3-7-21(8-4-17)25-12-18-11-19(13-25)15-26(14-18,16-25)24(29)27-22-9-5-20(6-10-22)23(28)30-2/h3-10,18-19H,11-16H2,1-2H3,(H,27,29). The van der Waals surface area contributed by atoms with E-state index in [0.717, 1.165) is 24.9 Å². The molecule has 4 saturated carbocycles. The lowest BCUT2D eigenvalue weighted by atomic mass is 9.42. The van der Waals surface area contributed by atoms with E-state index in [4.69, 9.17) is 4.74 Å². The Kier molecular flexibility index (Phi) is 4.49. The third kappa shape index (κ3) is 3.13. The lowest BCUT2D eigenvalue weighted by molar-refractivity contribution is -0.143. The SMILES string of the molecule is COC(=O)c1ccc(NC(=O)C23CC4CC(C2)CC(c2ccc(C)cc2)(C4)C3)cc1. The third-order valence-electron chi connectivity index (χ3n) is 7.77. The second-order valence-electron chi connectivity index (χ2n) is 9.91. The van der Waals surface area contributed by atoms with Crippen LogP contribution in [0.2, 0.25) is 0 Å². The number of methoxy groups -OCH3 is 1. The summed E-state index contributed by atoms with van der Waals surface area (Å²) in [6.45, 7) is 2.13. The summed E-state index contributed by atoms with van der Waals surface area (Å²) in [5, 5.41) is 3.17. The van der Waals surface area contributed by atoms with Crippen LogP contribution in [-0.2, 0) is 14.9 Å². The molecule has 4 nitrogen and oxygen atoms in total. The highest BCUT2D eigenvalue weighted by Gasteiger charge is 2.60. The third-order valence-corrected chi connectivity index (χ3v) is 7.77. The Bertz CT molecular complexity index is 962. The minimum absolute atomic E-state index is 0.143. The predicted octanol–water partition coefficient (Wildman–Crippen LogP) is 5.26. The normalized spacial score (nSPS) is 31.4. The summed E-state index contributed by atoms with van der Waals surface area (Å²) in [7, 11) is 1.37. The number of carbonyl (C=O) groups is 2. The summed E-state index contributed by atoms with van der Waals surface area (Å²) in [6.07, 6.45) is 6.66. The molecule has 4 bridgehead atoms. The van der Waals surface area contributed by atoms with Gasteiger partial charge in [-0.05, 0) is 92.5 Å². The van der Waals surface area contributed by atoms with Crippen LogP contribution in [0.25, 0.3) is 0 Å². The van der Waals surface area contributed by atoms with Crippen LogP contribution in [0.1, 0.15) is 60.0 Å². The molecule has 1 N–H and O–H groups in total. The molecule has 0 saturated heterocycles. The van der Waals surface area contributed by atoms with Crippen molar-refractivity contribution in [2.75, 3.05) is 12.4 Å². The molecule has 6 rings (SSSR count). The van der Waals surface area contributed by atoms with E-state index in [1.54, 1.807) is 24.3 Å². The van der Waals surface area contributed by atoms with E-state index in [1.807, 2.05) is 0 Å². The first-order valence-corrected chi connectivity index (χ1v) is 11.0. The Morgan fingerprint density at radius 1 is 0.933 bits per heavy atom. The molecule has 4 aliphatic carbocycles. The molecule has 0 radical (unpaired) electrons. The number of nitrogens with one attached hydrogen (secondary N) is 1. The van der Waals surface area contributed by atoms with Gasteiger partial charge >= 0.3 is 5.97 Å². The summed E-state index contributed by atoms with van der Waals surface area (Å²) in [5.41, 5.74) is 3.80. The number of rotatable bonds is 4. The minimum Gasteiger partial charge on any atom is -0.465 e. The lowest BCUT2D eigenvalue weighted by Crippen LogP contribution is -2.57. The first-order valence-electron chi connectivity index (χ1n) is 11.0. The van der Waals surface area contributed by atoms with Gasteiger partial charge in [0.05, 0.1) is 18.1 Å². The van der Waals surface area contributed by atoms with Crippen LogP contribution in [0.15, 0.2) is 48.5 Å². The topological polar surface area (TPSA) is 55.4 Å². The molecule has 2 atom stereocenters. The highest BCUT2D eigenvalue weighted by molar-refractivity contribution is 5.96. The van der Waals surface area contributed by atoms with E-state index < -0.39 is 0 Å². The van der Waals surface area contributed by atoms with E-state index in [2.05, 4.69) is 36.5 Å². The zero-order valence-corrected chi connectivity index (χ0v) is 17.7. The van der Waals surface area contributed by atoms with Gasteiger partial charge in [0, 0.05) is 5.69 Å². The van der Waals surface area contributed by atoms with E-state index in [9.17, 15) is 9.59 Å². The molecule has 1 amide bonds. The highest BCUT2D eigenvalue weighted by atomic mass is 16.5. The zero-order valence-electron chi connectivity index (χ0n) is 17.7. The first-order chi connectivity index (χ1) is 14.4. The monoisotopic (exact) mass is 403 g/mol. The fourth-order valence-corrected chi connectivity index (χ4v) is 6.84. The van der Waals surface area contributed by atoms with Gasteiger partial charge in [0.25, 0.3) is 0 Å². The molecule has 0 spiro atoms. The van der Waals surface area contributed by atoms with Crippen molar-refractivity contribution >= 4 is 17.6 Å². The molecule has 4 aliphatic rings. The molecule has 4 fully saturated rings. The van der Waals surface area contributed by atoms with Crippen molar-refractivity contribution in [3.63, 3.8) is 0 Å². The maximum absolute atomic E-state index is 13.6. The Balaban J connectivity index is 1.40. The Morgan fingerprint density at radius 2 is 1.57 bits per heavy atom. The summed E-state index contributed by atoms with van der Waals surface area (Å²) in [6, 6.07) is 16.0. The van der Waals surface area contributed by atoms with Gasteiger partial charge in [-0.2, -0.15) is 0 Å². The van der Waals surface area contributed by atoms with Crippen LogP contribution >= 0.6 is 0 Å². The van der Waals surface area contributed by atoms with Crippen molar-refractivity contribution in [2.24, 2.45) is 17.3 Å². The van der Waals surface area contributed by atoms with Crippen LogP contribution in [0.4, 0.5) is 5.69 Å². The molecular formula is C26H29NO3. The van der Waals surface area contributed by atoms with Crippen LogP contribution in [0, 0.1) is 24.2 Å². The number of aryl methyl sites for hydroxylation is 1. The van der Waals surface area contributed by atoms with Crippen molar-refractivity contribution in [2.45, 2.75) is 50.9 Å². The molecule has 0 aromatic heterocycles. The second kappa shape index (κ2) is 6.97. The van der Waals surface area contributed by atoms with Gasteiger partial charge in [0.2, 0.25) is 5.91 Å². The molecule has 0 aliphatic heterocycles. The number of hydrogen-bond acceptors (Lipinski definition) is 3. The maximum atomic E-state index is 13.6. The number of carbonyl (C=O) groups excluding carboxylic acids is 2. The summed E-state index contributed by atoms with van der Waals surface area (Å²) in [4.78, 5) is 25.2. The molecule has 0 heterocycles. The molecule has 2 unspecified atom stereocenters. The number of esters is 1. The Hall–Kier alpha value is -2.62. The quantitative estimate of drug-likeness (QED) is 0.709. The lowest BCUT2D eigenvalue weighted by Gasteiger charge is -2.61. The van der Waals surface area contributed by atoms with Crippen LogP contribution in [-0.4, -0.2) is 19.0 Å². The van der Waals surface area contributed by atoms with Gasteiger partial charge in [-0.3, -0.25) is 4.79 Å². The van der Waals surface area contributed by atoms with Crippen LogP contribution in [0.5, 0.6) is 0 Å². The molecule has 30 heavy (non-hydrogen) atoms. The molecular weight excluding hydrogens is 374 g/mol. The molecule has 2 aromatic rings. The van der Waals surface area contributed by atoms with E-state index >= 15 is 0 Å². The van der Waals surface area contributed by atoms with Crippen molar-refractivity contribution in [3.8, 4) is 0 Å². The number of benzene rings is 2.